The second kappa shape index (κ2) is 8.05. The van der Waals surface area contributed by atoms with Crippen molar-refractivity contribution >= 4 is 11.3 Å². The number of rotatable bonds is 8. The van der Waals surface area contributed by atoms with Crippen molar-refractivity contribution in [3.63, 3.8) is 0 Å². The first-order valence-corrected chi connectivity index (χ1v) is 8.27. The average molecular weight is 306 g/mol. The summed E-state index contributed by atoms with van der Waals surface area (Å²) in [7, 11) is 0. The van der Waals surface area contributed by atoms with Crippen LogP contribution in [0.2, 0.25) is 0 Å². The monoisotopic (exact) mass is 306 g/mol. The first-order chi connectivity index (χ1) is 10.2. The van der Waals surface area contributed by atoms with Crippen LogP contribution in [0.25, 0.3) is 0 Å². The van der Waals surface area contributed by atoms with E-state index < -0.39 is 6.10 Å². The van der Waals surface area contributed by atoms with Crippen LogP contribution >= 0.6 is 11.3 Å². The van der Waals surface area contributed by atoms with Gasteiger partial charge in [0.2, 0.25) is 0 Å². The molecule has 1 heterocycles. The van der Waals surface area contributed by atoms with Crippen molar-refractivity contribution in [3.8, 4) is 11.5 Å². The number of aliphatic hydroxyl groups excluding tert-OH is 1. The van der Waals surface area contributed by atoms with Gasteiger partial charge in [0.05, 0.1) is 19.3 Å². The molecule has 4 heteroatoms. The number of benzene rings is 1. The molecule has 2 aromatic rings. The fraction of sp³-hybridized carbons (Fsp3) is 0.412. The second-order valence-corrected chi connectivity index (χ2v) is 5.54. The molecule has 1 atom stereocenters. The Balaban J connectivity index is 2.05. The Morgan fingerprint density at radius 2 is 1.86 bits per heavy atom. The quantitative estimate of drug-likeness (QED) is 0.794. The van der Waals surface area contributed by atoms with Gasteiger partial charge in [-0.2, -0.15) is 11.3 Å². The lowest BCUT2D eigenvalue weighted by Gasteiger charge is -2.15. The molecule has 0 saturated carbocycles. The van der Waals surface area contributed by atoms with Crippen molar-refractivity contribution in [2.24, 2.45) is 0 Å². The average Bonchev–Trinajstić information content (AvgIpc) is 3.00. The summed E-state index contributed by atoms with van der Waals surface area (Å²) in [6.45, 7) is 5.06. The molecule has 3 nitrogen and oxygen atoms in total. The van der Waals surface area contributed by atoms with Crippen molar-refractivity contribution in [1.29, 1.82) is 0 Å². The molecule has 0 fully saturated rings. The fourth-order valence-electron chi connectivity index (χ4n) is 2.18. The van der Waals surface area contributed by atoms with Crippen LogP contribution in [-0.2, 0) is 6.42 Å². The normalized spacial score (nSPS) is 12.1. The third-order valence-electron chi connectivity index (χ3n) is 3.24. The molecule has 0 radical (unpaired) electrons. The van der Waals surface area contributed by atoms with Crippen molar-refractivity contribution < 1.29 is 14.6 Å². The van der Waals surface area contributed by atoms with Crippen LogP contribution in [0, 0.1) is 0 Å². The largest absolute Gasteiger partial charge is 0.490 e. The topological polar surface area (TPSA) is 38.7 Å². The van der Waals surface area contributed by atoms with Gasteiger partial charge >= 0.3 is 0 Å². The summed E-state index contributed by atoms with van der Waals surface area (Å²) in [5, 5.41) is 14.5. The smallest absolute Gasteiger partial charge is 0.161 e. The van der Waals surface area contributed by atoms with Gasteiger partial charge in [-0.3, -0.25) is 0 Å². The van der Waals surface area contributed by atoms with Gasteiger partial charge in [0, 0.05) is 0 Å². The van der Waals surface area contributed by atoms with Crippen LogP contribution in [0.4, 0.5) is 0 Å². The molecule has 0 spiro atoms. The van der Waals surface area contributed by atoms with E-state index in [2.05, 4.69) is 16.8 Å². The molecule has 0 amide bonds. The van der Waals surface area contributed by atoms with E-state index in [4.69, 9.17) is 9.47 Å². The molecule has 0 bridgehead atoms. The Hall–Kier alpha value is -1.52. The molecule has 1 aromatic heterocycles. The van der Waals surface area contributed by atoms with Crippen LogP contribution in [0.1, 0.15) is 37.5 Å². The van der Waals surface area contributed by atoms with E-state index in [1.807, 2.05) is 32.0 Å². The summed E-state index contributed by atoms with van der Waals surface area (Å²) >= 11 is 1.69. The van der Waals surface area contributed by atoms with Crippen LogP contribution < -0.4 is 9.47 Å². The lowest BCUT2D eigenvalue weighted by molar-refractivity contribution is 0.167. The van der Waals surface area contributed by atoms with Crippen molar-refractivity contribution in [2.45, 2.75) is 32.8 Å². The zero-order chi connectivity index (χ0) is 15.1. The van der Waals surface area contributed by atoms with Crippen molar-refractivity contribution in [1.82, 2.24) is 0 Å². The lowest BCUT2D eigenvalue weighted by atomic mass is 10.0. The SMILES string of the molecule is CCOc1ccc(C(O)CCc2ccsc2)cc1OCC. The first-order valence-electron chi connectivity index (χ1n) is 7.33. The molecular weight excluding hydrogens is 284 g/mol. The summed E-state index contributed by atoms with van der Waals surface area (Å²) in [6.07, 6.45) is 1.10. The van der Waals surface area contributed by atoms with E-state index in [9.17, 15) is 5.11 Å². The summed E-state index contributed by atoms with van der Waals surface area (Å²) in [6, 6.07) is 7.76. The van der Waals surface area contributed by atoms with Gasteiger partial charge in [-0.25, -0.2) is 0 Å². The predicted octanol–water partition coefficient (Wildman–Crippen LogP) is 4.21. The molecular formula is C17H22O3S. The minimum absolute atomic E-state index is 0.486. The standard InChI is InChI=1S/C17H22O3S/c1-3-19-16-8-6-14(11-17(16)20-4-2)15(18)7-5-13-9-10-21-12-13/h6,8-12,15,18H,3-5,7H2,1-2H3. The summed E-state index contributed by atoms with van der Waals surface area (Å²) in [5.41, 5.74) is 2.15. The Morgan fingerprint density at radius 1 is 1.10 bits per heavy atom. The number of thiophene rings is 1. The van der Waals surface area contributed by atoms with Gasteiger partial charge in [0.1, 0.15) is 0 Å². The number of hydrogen-bond donors (Lipinski definition) is 1. The molecule has 2 rings (SSSR count). The van der Waals surface area contributed by atoms with E-state index in [1.165, 1.54) is 5.56 Å². The zero-order valence-corrected chi connectivity index (χ0v) is 13.4. The zero-order valence-electron chi connectivity index (χ0n) is 12.5. The van der Waals surface area contributed by atoms with E-state index >= 15 is 0 Å². The highest BCUT2D eigenvalue weighted by Crippen LogP contribution is 2.32. The first kappa shape index (κ1) is 15.9. The van der Waals surface area contributed by atoms with E-state index in [1.54, 1.807) is 11.3 Å². The maximum absolute atomic E-state index is 10.3. The molecule has 114 valence electrons. The molecule has 21 heavy (non-hydrogen) atoms. The molecule has 0 saturated heterocycles. The van der Waals surface area contributed by atoms with Gasteiger partial charge in [-0.1, -0.05) is 6.07 Å². The van der Waals surface area contributed by atoms with E-state index in [0.717, 1.165) is 17.7 Å². The Labute approximate surface area is 130 Å². The highest BCUT2D eigenvalue weighted by atomic mass is 32.1. The third kappa shape index (κ3) is 4.48. The number of ether oxygens (including phenoxy) is 2. The molecule has 0 aliphatic heterocycles. The van der Waals surface area contributed by atoms with Crippen LogP contribution in [0.3, 0.4) is 0 Å². The number of aliphatic hydroxyl groups is 1. The molecule has 1 aromatic carbocycles. The van der Waals surface area contributed by atoms with Crippen LogP contribution in [-0.4, -0.2) is 18.3 Å². The van der Waals surface area contributed by atoms with Crippen molar-refractivity contribution in [3.05, 3.63) is 46.2 Å². The molecule has 0 aliphatic carbocycles. The van der Waals surface area contributed by atoms with Crippen molar-refractivity contribution in [2.75, 3.05) is 13.2 Å². The molecule has 1 unspecified atom stereocenters. The van der Waals surface area contributed by atoms with Gasteiger partial charge in [-0.15, -0.1) is 0 Å². The van der Waals surface area contributed by atoms with Gasteiger partial charge in [-0.05, 0) is 66.8 Å². The lowest BCUT2D eigenvalue weighted by Crippen LogP contribution is -2.03. The van der Waals surface area contributed by atoms with E-state index in [-0.39, 0.29) is 0 Å². The minimum Gasteiger partial charge on any atom is -0.490 e. The number of hydrogen-bond acceptors (Lipinski definition) is 4. The highest BCUT2D eigenvalue weighted by molar-refractivity contribution is 7.07. The summed E-state index contributed by atoms with van der Waals surface area (Å²) in [4.78, 5) is 0. The van der Waals surface area contributed by atoms with Crippen LogP contribution in [0.5, 0.6) is 11.5 Å². The Bertz CT molecular complexity index is 537. The van der Waals surface area contributed by atoms with Gasteiger partial charge < -0.3 is 14.6 Å². The summed E-state index contributed by atoms with van der Waals surface area (Å²) in [5.74, 6) is 1.43. The molecule has 1 N–H and O–H groups in total. The van der Waals surface area contributed by atoms with Gasteiger partial charge in [0.25, 0.3) is 0 Å². The Morgan fingerprint density at radius 3 is 2.52 bits per heavy atom. The third-order valence-corrected chi connectivity index (χ3v) is 3.97. The summed E-state index contributed by atoms with van der Waals surface area (Å²) < 4.78 is 11.1. The highest BCUT2D eigenvalue weighted by Gasteiger charge is 2.12. The number of aryl methyl sites for hydroxylation is 1. The maximum atomic E-state index is 10.3. The van der Waals surface area contributed by atoms with Gasteiger partial charge in [0.15, 0.2) is 11.5 Å². The predicted molar refractivity (Wildman–Crippen MR) is 86.4 cm³/mol. The maximum Gasteiger partial charge on any atom is 0.161 e. The molecule has 0 aliphatic rings. The second-order valence-electron chi connectivity index (χ2n) is 4.76. The fourth-order valence-corrected chi connectivity index (χ4v) is 2.88. The van der Waals surface area contributed by atoms with Crippen LogP contribution in [0.15, 0.2) is 35.0 Å². The van der Waals surface area contributed by atoms with E-state index in [0.29, 0.717) is 25.4 Å². The Kier molecular flexibility index (Phi) is 6.08. The minimum atomic E-state index is -0.486.